The van der Waals surface area contributed by atoms with Gasteiger partial charge in [0.25, 0.3) is 0 Å². The number of methoxy groups -OCH3 is 2. The molecule has 7 heteroatoms. The highest BCUT2D eigenvalue weighted by Crippen LogP contribution is 2.26. The molecule has 2 aromatic rings. The van der Waals surface area contributed by atoms with Gasteiger partial charge in [-0.1, -0.05) is 12.1 Å². The van der Waals surface area contributed by atoms with E-state index in [2.05, 4.69) is 10.1 Å². The Bertz CT molecular complexity index is 821. The Morgan fingerprint density at radius 2 is 1.90 bits per heavy atom. The normalized spacial score (nSPS) is 16.0. The number of carbonyl (C=O) groups excluding carboxylic acids is 1. The fourth-order valence-corrected chi connectivity index (χ4v) is 3.87. The second-order valence-corrected chi connectivity index (χ2v) is 7.69. The van der Waals surface area contributed by atoms with Crippen LogP contribution < -0.4 is 9.47 Å². The smallest absolute Gasteiger partial charge is 0.225 e. The monoisotopic (exact) mass is 401 g/mol. The molecule has 0 saturated carbocycles. The van der Waals surface area contributed by atoms with Crippen LogP contribution >= 0.6 is 0 Å². The summed E-state index contributed by atoms with van der Waals surface area (Å²) in [5.74, 6) is 2.60. The van der Waals surface area contributed by atoms with Crippen molar-refractivity contribution in [2.75, 3.05) is 40.4 Å². The lowest BCUT2D eigenvalue weighted by molar-refractivity contribution is -0.136. The first-order valence-corrected chi connectivity index (χ1v) is 10.1. The number of hydrogen-bond donors (Lipinski definition) is 0. The zero-order valence-electron chi connectivity index (χ0n) is 18.0. The molecule has 1 unspecified atom stereocenters. The summed E-state index contributed by atoms with van der Waals surface area (Å²) in [6.07, 6.45) is 0.668. The minimum absolute atomic E-state index is 0.0863. The van der Waals surface area contributed by atoms with E-state index in [0.29, 0.717) is 6.42 Å². The standard InChI is InChI=1S/C22H31N3O4/c1-15(12-20-16(2)23-29-17(20)3)22(26)25-10-8-24(9-11-25)14-18-13-19(27-4)6-7-21(18)28-5/h6-7,13,15H,8-12,14H2,1-5H3. The van der Waals surface area contributed by atoms with Crippen molar-refractivity contribution < 1.29 is 18.8 Å². The van der Waals surface area contributed by atoms with Gasteiger partial charge in [0.05, 0.1) is 19.9 Å². The van der Waals surface area contributed by atoms with Crippen molar-refractivity contribution in [1.82, 2.24) is 15.0 Å². The lowest BCUT2D eigenvalue weighted by Crippen LogP contribution is -2.49. The Morgan fingerprint density at radius 3 is 2.48 bits per heavy atom. The molecule has 1 fully saturated rings. The lowest BCUT2D eigenvalue weighted by atomic mass is 9.98. The number of carbonyl (C=O) groups is 1. The maximum absolute atomic E-state index is 12.9. The van der Waals surface area contributed by atoms with Crippen LogP contribution in [0.4, 0.5) is 0 Å². The molecule has 1 aromatic carbocycles. The minimum atomic E-state index is -0.0863. The summed E-state index contributed by atoms with van der Waals surface area (Å²) in [5.41, 5.74) is 3.02. The van der Waals surface area contributed by atoms with Crippen molar-refractivity contribution in [1.29, 1.82) is 0 Å². The molecule has 1 amide bonds. The summed E-state index contributed by atoms with van der Waals surface area (Å²) in [4.78, 5) is 17.2. The molecule has 0 aliphatic carbocycles. The molecule has 2 heterocycles. The van der Waals surface area contributed by atoms with Gasteiger partial charge in [-0.3, -0.25) is 9.69 Å². The average molecular weight is 402 g/mol. The Labute approximate surface area is 172 Å². The third-order valence-electron chi connectivity index (χ3n) is 5.68. The van der Waals surface area contributed by atoms with Crippen LogP contribution in [0.1, 0.15) is 29.5 Å². The zero-order valence-corrected chi connectivity index (χ0v) is 18.0. The molecular formula is C22H31N3O4. The van der Waals surface area contributed by atoms with Gasteiger partial charge in [-0.2, -0.15) is 0 Å². The Balaban J connectivity index is 1.55. The van der Waals surface area contributed by atoms with Crippen molar-refractivity contribution in [3.8, 4) is 11.5 Å². The number of amides is 1. The number of benzene rings is 1. The van der Waals surface area contributed by atoms with E-state index in [1.165, 1.54) is 0 Å². The fourth-order valence-electron chi connectivity index (χ4n) is 3.87. The molecule has 0 radical (unpaired) electrons. The van der Waals surface area contributed by atoms with Gasteiger partial charge in [-0.25, -0.2) is 0 Å². The summed E-state index contributed by atoms with van der Waals surface area (Å²) >= 11 is 0. The molecule has 0 bridgehead atoms. The average Bonchev–Trinajstić information content (AvgIpc) is 3.05. The molecule has 0 spiro atoms. The molecule has 1 atom stereocenters. The number of rotatable bonds is 7. The maximum Gasteiger partial charge on any atom is 0.225 e. The zero-order chi connectivity index (χ0) is 21.0. The highest BCUT2D eigenvalue weighted by Gasteiger charge is 2.27. The third-order valence-corrected chi connectivity index (χ3v) is 5.68. The Morgan fingerprint density at radius 1 is 1.17 bits per heavy atom. The van der Waals surface area contributed by atoms with E-state index < -0.39 is 0 Å². The van der Waals surface area contributed by atoms with Gasteiger partial charge in [-0.05, 0) is 38.5 Å². The first-order valence-electron chi connectivity index (χ1n) is 10.1. The van der Waals surface area contributed by atoms with Gasteiger partial charge < -0.3 is 18.9 Å². The van der Waals surface area contributed by atoms with E-state index in [1.807, 2.05) is 43.9 Å². The van der Waals surface area contributed by atoms with E-state index in [0.717, 1.165) is 66.8 Å². The van der Waals surface area contributed by atoms with Crippen molar-refractivity contribution in [3.05, 3.63) is 40.8 Å². The highest BCUT2D eigenvalue weighted by molar-refractivity contribution is 5.79. The second kappa shape index (κ2) is 9.31. The predicted molar refractivity (Wildman–Crippen MR) is 110 cm³/mol. The number of nitrogens with zero attached hydrogens (tertiary/aromatic N) is 3. The predicted octanol–water partition coefficient (Wildman–Crippen LogP) is 2.83. The molecule has 29 heavy (non-hydrogen) atoms. The van der Waals surface area contributed by atoms with E-state index >= 15 is 0 Å². The largest absolute Gasteiger partial charge is 0.497 e. The maximum atomic E-state index is 12.9. The summed E-state index contributed by atoms with van der Waals surface area (Å²) in [5, 5.41) is 3.99. The highest BCUT2D eigenvalue weighted by atomic mass is 16.5. The molecule has 158 valence electrons. The summed E-state index contributed by atoms with van der Waals surface area (Å²) in [6.45, 7) is 9.73. The van der Waals surface area contributed by atoms with Crippen molar-refractivity contribution >= 4 is 5.91 Å². The topological polar surface area (TPSA) is 68.0 Å². The molecular weight excluding hydrogens is 370 g/mol. The van der Waals surface area contributed by atoms with Gasteiger partial charge in [0, 0.05) is 49.8 Å². The molecule has 1 aromatic heterocycles. The van der Waals surface area contributed by atoms with Gasteiger partial charge in [0.15, 0.2) is 0 Å². The van der Waals surface area contributed by atoms with Crippen molar-refractivity contribution in [2.24, 2.45) is 5.92 Å². The quantitative estimate of drug-likeness (QED) is 0.711. The number of hydrogen-bond acceptors (Lipinski definition) is 6. The minimum Gasteiger partial charge on any atom is -0.497 e. The van der Waals surface area contributed by atoms with Gasteiger partial charge in [0.1, 0.15) is 17.3 Å². The van der Waals surface area contributed by atoms with Crippen LogP contribution in [0.25, 0.3) is 0 Å². The van der Waals surface area contributed by atoms with E-state index in [-0.39, 0.29) is 11.8 Å². The van der Waals surface area contributed by atoms with Gasteiger partial charge in [-0.15, -0.1) is 0 Å². The van der Waals surface area contributed by atoms with Crippen molar-refractivity contribution in [3.63, 3.8) is 0 Å². The van der Waals surface area contributed by atoms with Crippen LogP contribution in [0.15, 0.2) is 22.7 Å². The van der Waals surface area contributed by atoms with Crippen LogP contribution in [0.2, 0.25) is 0 Å². The molecule has 1 aliphatic rings. The summed E-state index contributed by atoms with van der Waals surface area (Å²) in [6, 6.07) is 5.85. The molecule has 7 nitrogen and oxygen atoms in total. The van der Waals surface area contributed by atoms with Crippen molar-refractivity contribution in [2.45, 2.75) is 33.7 Å². The molecule has 3 rings (SSSR count). The number of aromatic nitrogens is 1. The van der Waals surface area contributed by atoms with Gasteiger partial charge in [0.2, 0.25) is 5.91 Å². The fraction of sp³-hybridized carbons (Fsp3) is 0.545. The Kier molecular flexibility index (Phi) is 6.79. The van der Waals surface area contributed by atoms with Crippen LogP contribution in [0.3, 0.4) is 0 Å². The second-order valence-electron chi connectivity index (χ2n) is 7.69. The van der Waals surface area contributed by atoms with E-state index in [4.69, 9.17) is 14.0 Å². The van der Waals surface area contributed by atoms with Crippen LogP contribution in [-0.2, 0) is 17.8 Å². The van der Waals surface area contributed by atoms with Crippen LogP contribution in [0, 0.1) is 19.8 Å². The first-order chi connectivity index (χ1) is 13.9. The lowest BCUT2D eigenvalue weighted by Gasteiger charge is -2.36. The first kappa shape index (κ1) is 21.2. The van der Waals surface area contributed by atoms with Crippen LogP contribution in [0.5, 0.6) is 11.5 Å². The SMILES string of the molecule is COc1ccc(OC)c(CN2CCN(C(=O)C(C)Cc3c(C)noc3C)CC2)c1. The van der Waals surface area contributed by atoms with Crippen LogP contribution in [-0.4, -0.2) is 61.3 Å². The van der Waals surface area contributed by atoms with Gasteiger partial charge >= 0.3 is 0 Å². The third kappa shape index (κ3) is 4.90. The van der Waals surface area contributed by atoms with E-state index in [9.17, 15) is 4.79 Å². The molecule has 1 aliphatic heterocycles. The molecule has 0 N–H and O–H groups in total. The number of ether oxygens (including phenoxy) is 2. The molecule has 1 saturated heterocycles. The summed E-state index contributed by atoms with van der Waals surface area (Å²) < 4.78 is 16.1. The van der Waals surface area contributed by atoms with E-state index in [1.54, 1.807) is 14.2 Å². The number of piperazine rings is 1. The summed E-state index contributed by atoms with van der Waals surface area (Å²) in [7, 11) is 3.35. The number of aryl methyl sites for hydroxylation is 2. The Hall–Kier alpha value is -2.54.